The lowest BCUT2D eigenvalue weighted by Gasteiger charge is -2.09. The van der Waals surface area contributed by atoms with Crippen LogP contribution in [0.1, 0.15) is 11.1 Å². The van der Waals surface area contributed by atoms with Crippen LogP contribution in [0.3, 0.4) is 0 Å². The fourth-order valence-corrected chi connectivity index (χ4v) is 3.12. The van der Waals surface area contributed by atoms with Crippen LogP contribution in [0.2, 0.25) is 0 Å². The van der Waals surface area contributed by atoms with Gasteiger partial charge in [0, 0.05) is 43.0 Å². The minimum Gasteiger partial charge on any atom is -0.365 e. The van der Waals surface area contributed by atoms with Gasteiger partial charge in [-0.1, -0.05) is 24.3 Å². The van der Waals surface area contributed by atoms with Crippen molar-refractivity contribution < 1.29 is 13.2 Å². The molecule has 4 aromatic rings. The van der Waals surface area contributed by atoms with Crippen LogP contribution in [-0.4, -0.2) is 14.8 Å². The summed E-state index contributed by atoms with van der Waals surface area (Å²) in [5.41, 5.74) is 1.78. The molecular weight excluding hydrogens is 365 g/mol. The molecule has 0 aliphatic carbocycles. The van der Waals surface area contributed by atoms with Crippen LogP contribution in [0.25, 0.3) is 22.0 Å². The van der Waals surface area contributed by atoms with Gasteiger partial charge in [0.15, 0.2) is 0 Å². The van der Waals surface area contributed by atoms with E-state index in [1.807, 2.05) is 43.6 Å². The summed E-state index contributed by atoms with van der Waals surface area (Å²) in [6, 6.07) is 15.2. The molecular formula is C21H17F3N4. The monoisotopic (exact) mass is 382 g/mol. The van der Waals surface area contributed by atoms with Gasteiger partial charge in [0.25, 0.3) is 0 Å². The van der Waals surface area contributed by atoms with Gasteiger partial charge in [0.05, 0.1) is 11.3 Å². The molecule has 142 valence electrons. The van der Waals surface area contributed by atoms with E-state index >= 15 is 0 Å². The van der Waals surface area contributed by atoms with Gasteiger partial charge in [0.2, 0.25) is 0 Å². The van der Waals surface area contributed by atoms with Crippen molar-refractivity contribution in [1.29, 1.82) is 0 Å². The highest BCUT2D eigenvalue weighted by molar-refractivity contribution is 5.86. The number of hydrogen-bond donors (Lipinski definition) is 1. The zero-order valence-corrected chi connectivity index (χ0v) is 15.0. The summed E-state index contributed by atoms with van der Waals surface area (Å²) >= 11 is 0. The van der Waals surface area contributed by atoms with Crippen molar-refractivity contribution in [2.24, 2.45) is 7.05 Å². The van der Waals surface area contributed by atoms with E-state index in [9.17, 15) is 13.2 Å². The molecule has 2 aromatic heterocycles. The first-order valence-electron chi connectivity index (χ1n) is 8.68. The molecule has 0 aliphatic rings. The van der Waals surface area contributed by atoms with Gasteiger partial charge < -0.3 is 5.32 Å². The smallest absolute Gasteiger partial charge is 0.365 e. The number of aryl methyl sites for hydroxylation is 1. The van der Waals surface area contributed by atoms with Crippen LogP contribution in [-0.2, 0) is 19.8 Å². The summed E-state index contributed by atoms with van der Waals surface area (Å²) in [7, 11) is 1.83. The maximum Gasteiger partial charge on any atom is 0.416 e. The zero-order valence-electron chi connectivity index (χ0n) is 15.0. The molecule has 0 saturated heterocycles. The van der Waals surface area contributed by atoms with E-state index in [1.165, 1.54) is 6.07 Å². The highest BCUT2D eigenvalue weighted by Crippen LogP contribution is 2.30. The Morgan fingerprint density at radius 2 is 1.86 bits per heavy atom. The number of nitrogens with zero attached hydrogens (tertiary/aromatic N) is 3. The summed E-state index contributed by atoms with van der Waals surface area (Å²) in [6.07, 6.45) is -0.789. The highest BCUT2D eigenvalue weighted by Gasteiger charge is 2.30. The van der Waals surface area contributed by atoms with E-state index in [0.717, 1.165) is 34.2 Å². The van der Waals surface area contributed by atoms with Crippen LogP contribution >= 0.6 is 0 Å². The Morgan fingerprint density at radius 1 is 1.00 bits per heavy atom. The predicted octanol–water partition coefficient (Wildman–Crippen LogP) is 5.27. The number of nitrogens with one attached hydrogen (secondary N) is 1. The molecule has 0 fully saturated rings. The fourth-order valence-electron chi connectivity index (χ4n) is 3.12. The average molecular weight is 382 g/mol. The third-order valence-electron chi connectivity index (χ3n) is 4.54. The van der Waals surface area contributed by atoms with E-state index in [-0.39, 0.29) is 6.54 Å². The molecule has 0 bridgehead atoms. The second-order valence-electron chi connectivity index (χ2n) is 6.53. The third kappa shape index (κ3) is 3.69. The van der Waals surface area contributed by atoms with Crippen LogP contribution in [0.5, 0.6) is 0 Å². The first-order valence-corrected chi connectivity index (χ1v) is 8.68. The maximum atomic E-state index is 12.8. The molecule has 1 N–H and O–H groups in total. The molecule has 4 nitrogen and oxygen atoms in total. The Morgan fingerprint density at radius 3 is 2.68 bits per heavy atom. The van der Waals surface area contributed by atoms with Crippen molar-refractivity contribution in [2.75, 3.05) is 5.32 Å². The number of rotatable bonds is 4. The number of fused-ring (bicyclic) bond motifs is 1. The standard InChI is InChI=1S/C21H17F3N4/c1-28-19(16-6-5-15-7-8-25-13-17(15)10-16)11-20(27-28)26-12-14-3-2-4-18(9-14)21(22,23)24/h2-11,13H,12H2,1H3,(H,26,27). The summed E-state index contributed by atoms with van der Waals surface area (Å²) in [4.78, 5) is 4.15. The normalized spacial score (nSPS) is 11.7. The minimum absolute atomic E-state index is 0.252. The number of aromatic nitrogens is 3. The van der Waals surface area contributed by atoms with Crippen molar-refractivity contribution in [2.45, 2.75) is 12.7 Å². The lowest BCUT2D eigenvalue weighted by atomic mass is 10.1. The summed E-state index contributed by atoms with van der Waals surface area (Å²) < 4.78 is 40.3. The van der Waals surface area contributed by atoms with Gasteiger partial charge in [-0.15, -0.1) is 0 Å². The number of alkyl halides is 3. The van der Waals surface area contributed by atoms with Crippen LogP contribution in [0, 0.1) is 0 Å². The molecule has 0 saturated carbocycles. The van der Waals surface area contributed by atoms with Gasteiger partial charge in [-0.05, 0) is 35.2 Å². The zero-order chi connectivity index (χ0) is 19.7. The SMILES string of the molecule is Cn1nc(NCc2cccc(C(F)(F)F)c2)cc1-c1ccc2ccncc2c1. The number of benzene rings is 2. The van der Waals surface area contributed by atoms with Crippen molar-refractivity contribution in [1.82, 2.24) is 14.8 Å². The molecule has 0 atom stereocenters. The minimum atomic E-state index is -4.35. The van der Waals surface area contributed by atoms with E-state index in [0.29, 0.717) is 11.4 Å². The van der Waals surface area contributed by atoms with Crippen LogP contribution in [0.15, 0.2) is 67.0 Å². The van der Waals surface area contributed by atoms with Crippen molar-refractivity contribution in [3.8, 4) is 11.3 Å². The topological polar surface area (TPSA) is 42.7 Å². The van der Waals surface area contributed by atoms with Crippen LogP contribution in [0.4, 0.5) is 19.0 Å². The molecule has 7 heteroatoms. The van der Waals surface area contributed by atoms with E-state index < -0.39 is 11.7 Å². The molecule has 0 aliphatic heterocycles. The fraction of sp³-hybridized carbons (Fsp3) is 0.143. The van der Waals surface area contributed by atoms with Gasteiger partial charge in [-0.25, -0.2) is 0 Å². The third-order valence-corrected chi connectivity index (χ3v) is 4.54. The Bertz CT molecular complexity index is 1130. The lowest BCUT2D eigenvalue weighted by Crippen LogP contribution is -2.07. The Balaban J connectivity index is 1.54. The Kier molecular flexibility index (Phi) is 4.50. The molecule has 28 heavy (non-hydrogen) atoms. The van der Waals surface area contributed by atoms with Crippen molar-refractivity contribution in [3.05, 3.63) is 78.1 Å². The molecule has 2 heterocycles. The Labute approximate surface area is 159 Å². The molecule has 0 spiro atoms. The molecule has 0 unspecified atom stereocenters. The largest absolute Gasteiger partial charge is 0.416 e. The molecule has 4 rings (SSSR count). The first kappa shape index (κ1) is 18.0. The van der Waals surface area contributed by atoms with Crippen molar-refractivity contribution in [3.63, 3.8) is 0 Å². The predicted molar refractivity (Wildman–Crippen MR) is 103 cm³/mol. The lowest BCUT2D eigenvalue weighted by molar-refractivity contribution is -0.137. The van der Waals surface area contributed by atoms with Gasteiger partial charge in [-0.2, -0.15) is 18.3 Å². The number of anilines is 1. The number of pyridine rings is 1. The second-order valence-corrected chi connectivity index (χ2v) is 6.53. The quantitative estimate of drug-likeness (QED) is 0.523. The number of halogens is 3. The summed E-state index contributed by atoms with van der Waals surface area (Å²) in [5.74, 6) is 0.598. The van der Waals surface area contributed by atoms with Gasteiger partial charge in [-0.3, -0.25) is 9.67 Å². The first-order chi connectivity index (χ1) is 13.4. The molecule has 0 radical (unpaired) electrons. The number of hydrogen-bond acceptors (Lipinski definition) is 3. The van der Waals surface area contributed by atoms with E-state index in [4.69, 9.17) is 0 Å². The van der Waals surface area contributed by atoms with E-state index in [2.05, 4.69) is 15.4 Å². The Hall–Kier alpha value is -3.35. The summed E-state index contributed by atoms with van der Waals surface area (Å²) in [6.45, 7) is 0.252. The molecule has 2 aromatic carbocycles. The van der Waals surface area contributed by atoms with Crippen LogP contribution < -0.4 is 5.32 Å². The van der Waals surface area contributed by atoms with Gasteiger partial charge >= 0.3 is 6.18 Å². The van der Waals surface area contributed by atoms with E-state index in [1.54, 1.807) is 16.9 Å². The highest BCUT2D eigenvalue weighted by atomic mass is 19.4. The van der Waals surface area contributed by atoms with Crippen molar-refractivity contribution >= 4 is 16.6 Å². The maximum absolute atomic E-state index is 12.8. The average Bonchev–Trinajstić information content (AvgIpc) is 3.06. The second kappa shape index (κ2) is 6.99. The summed E-state index contributed by atoms with van der Waals surface area (Å²) in [5, 5.41) is 9.65. The molecule has 0 amide bonds. The van der Waals surface area contributed by atoms with Gasteiger partial charge in [0.1, 0.15) is 5.82 Å².